The van der Waals surface area contributed by atoms with E-state index < -0.39 is 37.0 Å². The Kier molecular flexibility index (Phi) is 11.9. The third-order valence-electron chi connectivity index (χ3n) is 13.6. The van der Waals surface area contributed by atoms with Gasteiger partial charge in [-0.15, -0.1) is 0 Å². The molecule has 18 heteroatoms. The summed E-state index contributed by atoms with van der Waals surface area (Å²) in [5, 5.41) is 26.2. The van der Waals surface area contributed by atoms with Gasteiger partial charge in [-0.1, -0.05) is 34.1 Å². The first kappa shape index (κ1) is 43.1. The van der Waals surface area contributed by atoms with E-state index in [0.717, 1.165) is 92.6 Å². The summed E-state index contributed by atoms with van der Waals surface area (Å²) in [6.45, 7) is 6.10. The standard InChI is InChI=1S/C45H51BrN8O8S/c1-44(56)11-8-29(9-12-44)25-48-42-38(54(57)58)22-34(27-50-42)63(59,60)51-43(55)36-7-6-31(21-40(36)62-33-20-30-10-15-47-41(30)49-26-33)52-16-13-45(14-17-52)23-32(24-45)53-18-19-61-28-39(53)35-4-2-3-5-37(35)46/h2-7,10,15,20-22,26-27,29,32,39,56H,8-9,11-14,16-19,23-25,28H2,1H3,(H,47,49)(H,48,50)(H,51,55)/t29-,39-,44-/m1/s1. The van der Waals surface area contributed by atoms with Crippen LogP contribution in [-0.4, -0.2) is 95.2 Å². The molecule has 3 aromatic heterocycles. The lowest BCUT2D eigenvalue weighted by Gasteiger charge is -2.57. The minimum Gasteiger partial charge on any atom is -0.455 e. The number of halogens is 1. The average molecular weight is 944 g/mol. The van der Waals surface area contributed by atoms with Crippen LogP contribution in [0, 0.1) is 21.4 Å². The number of aromatic amines is 1. The SMILES string of the molecule is C[C@]1(O)CC[C@H](CNc2ncc(S(=O)(=O)NC(=O)c3ccc(N4CCC5(CC4)CC(N4CCOC[C@@H]4c4ccccc4Br)C5)cc3Oc3cnc4[nH]ccc4c3)cc2[N+](=O)[O-])CC1. The number of ether oxygens (including phenoxy) is 2. The third-order valence-corrected chi connectivity index (χ3v) is 15.6. The van der Waals surface area contributed by atoms with Gasteiger partial charge in [0.1, 0.15) is 22.0 Å². The average Bonchev–Trinajstić information content (AvgIpc) is 3.73. The van der Waals surface area contributed by atoms with Gasteiger partial charge in [-0.2, -0.15) is 0 Å². The van der Waals surface area contributed by atoms with Crippen molar-refractivity contribution >= 4 is 60.1 Å². The molecule has 5 aromatic rings. The van der Waals surface area contributed by atoms with Crippen LogP contribution in [0.3, 0.4) is 0 Å². The van der Waals surface area contributed by atoms with Crippen molar-refractivity contribution in [3.05, 3.63) is 105 Å². The molecular formula is C45H51BrN8O8S. The molecule has 4 fully saturated rings. The fourth-order valence-corrected chi connectivity index (χ4v) is 11.3. The molecule has 4 aliphatic rings. The number of sulfonamides is 1. The van der Waals surface area contributed by atoms with E-state index in [4.69, 9.17) is 9.47 Å². The summed E-state index contributed by atoms with van der Waals surface area (Å²) < 4.78 is 42.8. The van der Waals surface area contributed by atoms with Crippen LogP contribution in [-0.2, 0) is 14.8 Å². The van der Waals surface area contributed by atoms with Gasteiger partial charge in [0.05, 0.1) is 47.7 Å². The van der Waals surface area contributed by atoms with E-state index in [-0.39, 0.29) is 34.5 Å². The molecule has 1 amide bonds. The van der Waals surface area contributed by atoms with Crippen LogP contribution >= 0.6 is 15.9 Å². The molecule has 16 nitrogen and oxygen atoms in total. The number of amides is 1. The Morgan fingerprint density at radius 3 is 2.59 bits per heavy atom. The zero-order valence-electron chi connectivity index (χ0n) is 35.0. The maximum absolute atomic E-state index is 13.9. The summed E-state index contributed by atoms with van der Waals surface area (Å²) >= 11 is 3.76. The van der Waals surface area contributed by atoms with Gasteiger partial charge in [0.15, 0.2) is 0 Å². The molecule has 332 valence electrons. The van der Waals surface area contributed by atoms with Gasteiger partial charge in [-0.3, -0.25) is 19.8 Å². The third kappa shape index (κ3) is 9.27. The van der Waals surface area contributed by atoms with Crippen molar-refractivity contribution in [1.29, 1.82) is 0 Å². The summed E-state index contributed by atoms with van der Waals surface area (Å²) in [6.07, 6.45) is 11.2. The van der Waals surface area contributed by atoms with E-state index in [1.807, 2.05) is 12.1 Å². The van der Waals surface area contributed by atoms with Gasteiger partial charge in [0.2, 0.25) is 5.82 Å². The maximum Gasteiger partial charge on any atom is 0.312 e. The van der Waals surface area contributed by atoms with Crippen LogP contribution in [0.25, 0.3) is 11.0 Å². The normalized spacial score (nSPS) is 23.0. The molecule has 2 saturated heterocycles. The second kappa shape index (κ2) is 17.4. The predicted octanol–water partition coefficient (Wildman–Crippen LogP) is 7.72. The van der Waals surface area contributed by atoms with Crippen LogP contribution in [0.4, 0.5) is 17.2 Å². The molecule has 5 heterocycles. The van der Waals surface area contributed by atoms with E-state index in [1.165, 1.54) is 11.8 Å². The first-order valence-corrected chi connectivity index (χ1v) is 23.8. The maximum atomic E-state index is 13.9. The molecule has 4 N–H and O–H groups in total. The van der Waals surface area contributed by atoms with Crippen molar-refractivity contribution in [2.75, 3.05) is 49.6 Å². The number of nitrogens with zero attached hydrogens (tertiary/aromatic N) is 5. The van der Waals surface area contributed by atoms with Crippen LogP contribution in [0.2, 0.25) is 0 Å². The summed E-state index contributed by atoms with van der Waals surface area (Å²) in [5.41, 5.74) is 1.68. The number of benzene rings is 2. The molecule has 2 aromatic carbocycles. The van der Waals surface area contributed by atoms with E-state index in [2.05, 4.69) is 68.9 Å². The summed E-state index contributed by atoms with van der Waals surface area (Å²) in [5.74, 6) is -0.423. The highest BCUT2D eigenvalue weighted by Crippen LogP contribution is 2.53. The van der Waals surface area contributed by atoms with Gasteiger partial charge in [0.25, 0.3) is 15.9 Å². The van der Waals surface area contributed by atoms with E-state index >= 15 is 0 Å². The minimum atomic E-state index is -4.63. The molecule has 2 aliphatic heterocycles. The molecule has 0 bridgehead atoms. The number of nitro groups is 1. The van der Waals surface area contributed by atoms with Crippen molar-refractivity contribution in [3.63, 3.8) is 0 Å². The molecule has 1 atom stereocenters. The van der Waals surface area contributed by atoms with E-state index in [0.29, 0.717) is 43.4 Å². The van der Waals surface area contributed by atoms with Crippen molar-refractivity contribution in [3.8, 4) is 11.5 Å². The molecule has 2 aliphatic carbocycles. The second-order valence-corrected chi connectivity index (χ2v) is 20.4. The first-order chi connectivity index (χ1) is 30.2. The number of hydrogen-bond donors (Lipinski definition) is 4. The Morgan fingerprint density at radius 1 is 1.05 bits per heavy atom. The number of carbonyl (C=O) groups is 1. The number of anilines is 2. The largest absolute Gasteiger partial charge is 0.455 e. The lowest BCUT2D eigenvalue weighted by Crippen LogP contribution is -2.57. The van der Waals surface area contributed by atoms with Crippen LogP contribution in [0.15, 0.2) is 88.6 Å². The Labute approximate surface area is 374 Å². The second-order valence-electron chi connectivity index (χ2n) is 17.8. The molecule has 63 heavy (non-hydrogen) atoms. The predicted molar refractivity (Wildman–Crippen MR) is 241 cm³/mol. The first-order valence-electron chi connectivity index (χ1n) is 21.5. The van der Waals surface area contributed by atoms with E-state index in [1.54, 1.807) is 37.4 Å². The Morgan fingerprint density at radius 2 is 1.83 bits per heavy atom. The fraction of sp³-hybridized carbons (Fsp3) is 0.444. The number of H-pyrrole nitrogens is 1. The minimum absolute atomic E-state index is 0.0517. The lowest BCUT2D eigenvalue weighted by atomic mass is 9.59. The van der Waals surface area contributed by atoms with Gasteiger partial charge in [0, 0.05) is 66.1 Å². The number of morpholine rings is 1. The Bertz CT molecular complexity index is 2620. The van der Waals surface area contributed by atoms with Crippen molar-refractivity contribution in [1.82, 2.24) is 24.6 Å². The molecule has 1 spiro atoms. The lowest BCUT2D eigenvalue weighted by molar-refractivity contribution is -0.384. The number of fused-ring (bicyclic) bond motifs is 1. The number of carbonyl (C=O) groups excluding carboxylic acids is 1. The Balaban J connectivity index is 0.899. The molecule has 0 radical (unpaired) electrons. The number of nitrogens with one attached hydrogen (secondary N) is 3. The van der Waals surface area contributed by atoms with Crippen LogP contribution in [0.5, 0.6) is 11.5 Å². The van der Waals surface area contributed by atoms with Gasteiger partial charge in [-0.25, -0.2) is 23.1 Å². The fourth-order valence-electron chi connectivity index (χ4n) is 9.81. The number of pyridine rings is 2. The highest BCUT2D eigenvalue weighted by molar-refractivity contribution is 9.10. The number of hydrogen-bond acceptors (Lipinski definition) is 13. The molecular weight excluding hydrogens is 893 g/mol. The Hall–Kier alpha value is -5.14. The molecule has 9 rings (SSSR count). The smallest absolute Gasteiger partial charge is 0.312 e. The summed E-state index contributed by atoms with van der Waals surface area (Å²) in [4.78, 5) is 41.3. The van der Waals surface area contributed by atoms with Crippen molar-refractivity contribution < 1.29 is 32.7 Å². The highest BCUT2D eigenvalue weighted by atomic mass is 79.9. The molecule has 0 unspecified atom stereocenters. The number of aliphatic hydroxyl groups is 1. The van der Waals surface area contributed by atoms with Crippen molar-refractivity contribution in [2.45, 2.75) is 80.9 Å². The monoisotopic (exact) mass is 942 g/mol. The summed E-state index contributed by atoms with van der Waals surface area (Å²) in [6, 6.07) is 18.7. The van der Waals surface area contributed by atoms with Gasteiger partial charge >= 0.3 is 5.69 Å². The topological polar surface area (TPSA) is 205 Å². The van der Waals surface area contributed by atoms with Crippen LogP contribution in [0.1, 0.15) is 80.3 Å². The van der Waals surface area contributed by atoms with Gasteiger partial charge in [-0.05, 0) is 106 Å². The van der Waals surface area contributed by atoms with Crippen molar-refractivity contribution in [2.24, 2.45) is 11.3 Å². The number of rotatable bonds is 12. The molecule has 2 saturated carbocycles. The van der Waals surface area contributed by atoms with Crippen LogP contribution < -0.4 is 19.7 Å². The van der Waals surface area contributed by atoms with Gasteiger partial charge < -0.3 is 29.8 Å². The quantitative estimate of drug-likeness (QED) is 0.0700. The highest BCUT2D eigenvalue weighted by Gasteiger charge is 2.49. The summed E-state index contributed by atoms with van der Waals surface area (Å²) in [7, 11) is -4.63. The van der Waals surface area contributed by atoms with E-state index in [9.17, 15) is 28.4 Å². The number of aromatic nitrogens is 3. The zero-order valence-corrected chi connectivity index (χ0v) is 37.4. The number of piperidine rings is 1. The zero-order chi connectivity index (χ0) is 43.9.